The van der Waals surface area contributed by atoms with Gasteiger partial charge in [0.25, 0.3) is 0 Å². The number of nitrogens with one attached hydrogen (secondary N) is 1. The van der Waals surface area contributed by atoms with Gasteiger partial charge in [-0.25, -0.2) is 0 Å². The quantitative estimate of drug-likeness (QED) is 0.861. The maximum absolute atomic E-state index is 13.1. The fourth-order valence-electron chi connectivity index (χ4n) is 2.79. The van der Waals surface area contributed by atoms with Crippen molar-refractivity contribution in [1.29, 1.82) is 0 Å². The number of hydrogen-bond donors (Lipinski definition) is 1. The van der Waals surface area contributed by atoms with Crippen LogP contribution in [0.5, 0.6) is 5.75 Å². The number of hydrogen-bond acceptors (Lipinski definition) is 3. The minimum absolute atomic E-state index is 0.0129. The molecular weight excluding hydrogens is 305 g/mol. The Bertz CT molecular complexity index is 495. The molecule has 6 heteroatoms. The second kappa shape index (κ2) is 8.02. The van der Waals surface area contributed by atoms with Crippen LogP contribution in [0.2, 0.25) is 0 Å². The molecule has 1 aromatic carbocycles. The third kappa shape index (κ3) is 5.39. The maximum atomic E-state index is 13.1. The van der Waals surface area contributed by atoms with Crippen molar-refractivity contribution in [3.63, 3.8) is 0 Å². The third-order valence-electron chi connectivity index (χ3n) is 4.18. The van der Waals surface area contributed by atoms with Gasteiger partial charge in [-0.3, -0.25) is 4.90 Å². The Hall–Kier alpha value is -1.27. The Kier molecular flexibility index (Phi) is 6.30. The summed E-state index contributed by atoms with van der Waals surface area (Å²) in [5, 5.41) is 3.22. The maximum Gasteiger partial charge on any atom is 0.416 e. The summed E-state index contributed by atoms with van der Waals surface area (Å²) in [6.45, 7) is 7.80. The monoisotopic (exact) mass is 330 g/mol. The van der Waals surface area contributed by atoms with E-state index in [-0.39, 0.29) is 6.10 Å². The van der Waals surface area contributed by atoms with E-state index in [0.29, 0.717) is 17.9 Å². The molecule has 0 bridgehead atoms. The molecule has 1 aliphatic rings. The first-order valence-electron chi connectivity index (χ1n) is 8.23. The molecule has 1 saturated heterocycles. The highest BCUT2D eigenvalue weighted by atomic mass is 19.4. The van der Waals surface area contributed by atoms with Gasteiger partial charge in [-0.15, -0.1) is 0 Å². The van der Waals surface area contributed by atoms with Crippen molar-refractivity contribution >= 4 is 0 Å². The molecule has 0 radical (unpaired) electrons. The molecular formula is C17H25F3N2O. The molecule has 2 rings (SSSR count). The fraction of sp³-hybridized carbons (Fsp3) is 0.647. The van der Waals surface area contributed by atoms with Gasteiger partial charge >= 0.3 is 6.18 Å². The lowest BCUT2D eigenvalue weighted by atomic mass is 10.1. The Morgan fingerprint density at radius 1 is 1.13 bits per heavy atom. The van der Waals surface area contributed by atoms with Crippen LogP contribution in [0.3, 0.4) is 0 Å². The van der Waals surface area contributed by atoms with E-state index in [2.05, 4.69) is 10.2 Å². The Morgan fingerprint density at radius 3 is 2.35 bits per heavy atom. The largest absolute Gasteiger partial charge is 0.490 e. The number of rotatable bonds is 6. The highest BCUT2D eigenvalue weighted by molar-refractivity contribution is 5.36. The standard InChI is InChI=1S/C17H25F3N2O/c1-3-22(4-2)12-13-9-14(17(18,19)20)11-16(10-13)23-15-5-7-21-8-6-15/h9-11,15,21H,3-8,12H2,1-2H3. The lowest BCUT2D eigenvalue weighted by molar-refractivity contribution is -0.137. The van der Waals surface area contributed by atoms with E-state index in [4.69, 9.17) is 4.74 Å². The second-order valence-corrected chi connectivity index (χ2v) is 5.89. The molecule has 1 aliphatic heterocycles. The van der Waals surface area contributed by atoms with Crippen LogP contribution in [0.1, 0.15) is 37.8 Å². The summed E-state index contributed by atoms with van der Waals surface area (Å²) in [4.78, 5) is 2.09. The summed E-state index contributed by atoms with van der Waals surface area (Å²) in [6.07, 6.45) is -2.73. The van der Waals surface area contributed by atoms with Gasteiger partial charge in [-0.2, -0.15) is 13.2 Å². The predicted molar refractivity (Wildman–Crippen MR) is 84.6 cm³/mol. The van der Waals surface area contributed by atoms with Gasteiger partial charge in [0.2, 0.25) is 0 Å². The topological polar surface area (TPSA) is 24.5 Å². The van der Waals surface area contributed by atoms with E-state index < -0.39 is 11.7 Å². The van der Waals surface area contributed by atoms with Gasteiger partial charge in [0.05, 0.1) is 5.56 Å². The van der Waals surface area contributed by atoms with Gasteiger partial charge in [0, 0.05) is 6.54 Å². The first-order valence-corrected chi connectivity index (χ1v) is 8.23. The van der Waals surface area contributed by atoms with Gasteiger partial charge < -0.3 is 10.1 Å². The van der Waals surface area contributed by atoms with E-state index in [1.165, 1.54) is 6.07 Å². The summed E-state index contributed by atoms with van der Waals surface area (Å²) in [6, 6.07) is 4.09. The fourth-order valence-corrected chi connectivity index (χ4v) is 2.79. The summed E-state index contributed by atoms with van der Waals surface area (Å²) in [7, 11) is 0. The van der Waals surface area contributed by atoms with Crippen LogP contribution in [0.4, 0.5) is 13.2 Å². The highest BCUT2D eigenvalue weighted by Crippen LogP contribution is 2.33. The Morgan fingerprint density at radius 2 is 1.78 bits per heavy atom. The lowest BCUT2D eigenvalue weighted by Gasteiger charge is -2.25. The lowest BCUT2D eigenvalue weighted by Crippen LogP contribution is -2.34. The molecule has 0 saturated carbocycles. The number of nitrogens with zero attached hydrogens (tertiary/aromatic N) is 1. The van der Waals surface area contributed by atoms with Crippen molar-refractivity contribution in [1.82, 2.24) is 10.2 Å². The van der Waals surface area contributed by atoms with Crippen molar-refractivity contribution in [3.8, 4) is 5.75 Å². The normalized spacial score (nSPS) is 16.8. The summed E-state index contributed by atoms with van der Waals surface area (Å²) in [5.41, 5.74) is 0.0125. The number of halogens is 3. The molecule has 3 nitrogen and oxygen atoms in total. The molecule has 1 fully saturated rings. The SMILES string of the molecule is CCN(CC)Cc1cc(OC2CCNCC2)cc(C(F)(F)F)c1. The number of alkyl halides is 3. The highest BCUT2D eigenvalue weighted by Gasteiger charge is 2.31. The number of piperidine rings is 1. The smallest absolute Gasteiger partial charge is 0.416 e. The van der Waals surface area contributed by atoms with E-state index in [1.807, 2.05) is 13.8 Å². The van der Waals surface area contributed by atoms with Gasteiger partial charge in [0.1, 0.15) is 11.9 Å². The average molecular weight is 330 g/mol. The first-order chi connectivity index (χ1) is 10.9. The molecule has 0 spiro atoms. The van der Waals surface area contributed by atoms with Crippen molar-refractivity contribution in [3.05, 3.63) is 29.3 Å². The third-order valence-corrected chi connectivity index (χ3v) is 4.18. The number of ether oxygens (including phenoxy) is 1. The molecule has 130 valence electrons. The van der Waals surface area contributed by atoms with Crippen LogP contribution in [-0.2, 0) is 12.7 Å². The Labute approximate surface area is 135 Å². The summed E-state index contributed by atoms with van der Waals surface area (Å²) >= 11 is 0. The van der Waals surface area contributed by atoms with Crippen molar-refractivity contribution in [2.75, 3.05) is 26.2 Å². The van der Waals surface area contributed by atoms with Crippen molar-refractivity contribution < 1.29 is 17.9 Å². The zero-order chi connectivity index (χ0) is 16.9. The minimum atomic E-state index is -4.36. The zero-order valence-electron chi connectivity index (χ0n) is 13.7. The molecule has 0 aliphatic carbocycles. The second-order valence-electron chi connectivity index (χ2n) is 5.89. The molecule has 1 N–H and O–H groups in total. The number of benzene rings is 1. The van der Waals surface area contributed by atoms with Gasteiger partial charge in [-0.1, -0.05) is 13.8 Å². The van der Waals surface area contributed by atoms with E-state index in [1.54, 1.807) is 6.07 Å². The van der Waals surface area contributed by atoms with Crippen LogP contribution in [0, 0.1) is 0 Å². The molecule has 0 amide bonds. The molecule has 1 aromatic rings. The molecule has 0 unspecified atom stereocenters. The van der Waals surface area contributed by atoms with Gasteiger partial charge in [-0.05, 0) is 62.8 Å². The molecule has 0 atom stereocenters. The Balaban J connectivity index is 2.21. The van der Waals surface area contributed by atoms with Gasteiger partial charge in [0.15, 0.2) is 0 Å². The molecule has 1 heterocycles. The van der Waals surface area contributed by atoms with Crippen LogP contribution >= 0.6 is 0 Å². The van der Waals surface area contributed by atoms with E-state index >= 15 is 0 Å². The zero-order valence-corrected chi connectivity index (χ0v) is 13.7. The molecule has 23 heavy (non-hydrogen) atoms. The van der Waals surface area contributed by atoms with Crippen LogP contribution in [0.25, 0.3) is 0 Å². The van der Waals surface area contributed by atoms with Crippen LogP contribution < -0.4 is 10.1 Å². The predicted octanol–water partition coefficient (Wildman–Crippen LogP) is 3.68. The summed E-state index contributed by atoms with van der Waals surface area (Å²) in [5.74, 6) is 0.328. The average Bonchev–Trinajstić information content (AvgIpc) is 2.52. The van der Waals surface area contributed by atoms with Crippen molar-refractivity contribution in [2.24, 2.45) is 0 Å². The van der Waals surface area contributed by atoms with Crippen LogP contribution in [-0.4, -0.2) is 37.2 Å². The van der Waals surface area contributed by atoms with Crippen LogP contribution in [0.15, 0.2) is 18.2 Å². The van der Waals surface area contributed by atoms with E-state index in [9.17, 15) is 13.2 Å². The molecule has 0 aromatic heterocycles. The minimum Gasteiger partial charge on any atom is -0.490 e. The first kappa shape index (κ1) is 18.1. The van der Waals surface area contributed by atoms with Crippen molar-refractivity contribution in [2.45, 2.75) is 45.5 Å². The summed E-state index contributed by atoms with van der Waals surface area (Å²) < 4.78 is 45.3. The van der Waals surface area contributed by atoms with E-state index in [0.717, 1.165) is 45.1 Å².